The number of anilines is 1. The van der Waals surface area contributed by atoms with E-state index >= 15 is 0 Å². The number of hydrogen-bond acceptors (Lipinski definition) is 3. The summed E-state index contributed by atoms with van der Waals surface area (Å²) in [7, 11) is 1.99. The SMILES string of the molecule is CN(Cc1ccccn1)c1ncccc1CCl. The average Bonchev–Trinajstić information content (AvgIpc) is 2.40. The first kappa shape index (κ1) is 11.9. The van der Waals surface area contributed by atoms with Crippen molar-refractivity contribution in [2.75, 3.05) is 11.9 Å². The smallest absolute Gasteiger partial charge is 0.133 e. The summed E-state index contributed by atoms with van der Waals surface area (Å²) < 4.78 is 0. The van der Waals surface area contributed by atoms with E-state index in [1.54, 1.807) is 12.4 Å². The van der Waals surface area contributed by atoms with E-state index in [-0.39, 0.29) is 0 Å². The lowest BCUT2D eigenvalue weighted by Gasteiger charge is -2.19. The minimum Gasteiger partial charge on any atom is -0.354 e. The molecule has 0 aromatic carbocycles. The van der Waals surface area contributed by atoms with E-state index in [2.05, 4.69) is 14.9 Å². The zero-order valence-electron chi connectivity index (χ0n) is 9.68. The number of alkyl halides is 1. The van der Waals surface area contributed by atoms with Crippen LogP contribution in [0.25, 0.3) is 0 Å². The molecule has 88 valence electrons. The van der Waals surface area contributed by atoms with Crippen LogP contribution in [0.2, 0.25) is 0 Å². The molecular formula is C13H14ClN3. The van der Waals surface area contributed by atoms with Crippen LogP contribution in [0.1, 0.15) is 11.3 Å². The second kappa shape index (κ2) is 5.64. The van der Waals surface area contributed by atoms with Crippen molar-refractivity contribution in [1.29, 1.82) is 0 Å². The molecule has 0 radical (unpaired) electrons. The molecule has 2 aromatic heterocycles. The van der Waals surface area contributed by atoms with Crippen molar-refractivity contribution in [3.63, 3.8) is 0 Å². The summed E-state index contributed by atoms with van der Waals surface area (Å²) in [4.78, 5) is 10.7. The minimum atomic E-state index is 0.468. The van der Waals surface area contributed by atoms with Crippen LogP contribution in [0.4, 0.5) is 5.82 Å². The largest absolute Gasteiger partial charge is 0.354 e. The van der Waals surface area contributed by atoms with Crippen LogP contribution in [0, 0.1) is 0 Å². The number of halogens is 1. The third-order valence-corrected chi connectivity index (χ3v) is 2.79. The summed E-state index contributed by atoms with van der Waals surface area (Å²) in [5, 5.41) is 0. The summed E-state index contributed by atoms with van der Waals surface area (Å²) in [6.45, 7) is 0.724. The van der Waals surface area contributed by atoms with Gasteiger partial charge in [0.15, 0.2) is 0 Å². The van der Waals surface area contributed by atoms with Crippen molar-refractivity contribution in [3.05, 3.63) is 54.0 Å². The molecule has 4 heteroatoms. The molecule has 0 unspecified atom stereocenters. The Morgan fingerprint density at radius 2 is 1.94 bits per heavy atom. The van der Waals surface area contributed by atoms with Gasteiger partial charge in [0.05, 0.1) is 18.1 Å². The van der Waals surface area contributed by atoms with E-state index in [4.69, 9.17) is 11.6 Å². The summed E-state index contributed by atoms with van der Waals surface area (Å²) in [5.74, 6) is 1.38. The van der Waals surface area contributed by atoms with Crippen molar-refractivity contribution in [3.8, 4) is 0 Å². The topological polar surface area (TPSA) is 29.0 Å². The summed E-state index contributed by atoms with van der Waals surface area (Å²) in [6, 6.07) is 9.78. The molecule has 3 nitrogen and oxygen atoms in total. The maximum absolute atomic E-state index is 5.90. The first-order valence-electron chi connectivity index (χ1n) is 5.42. The Kier molecular flexibility index (Phi) is 3.94. The van der Waals surface area contributed by atoms with Crippen LogP contribution in [0.5, 0.6) is 0 Å². The van der Waals surface area contributed by atoms with Gasteiger partial charge in [0.2, 0.25) is 0 Å². The van der Waals surface area contributed by atoms with E-state index in [1.807, 2.05) is 37.4 Å². The second-order valence-electron chi connectivity index (χ2n) is 3.80. The number of rotatable bonds is 4. The van der Waals surface area contributed by atoms with Crippen LogP contribution in [-0.4, -0.2) is 17.0 Å². The van der Waals surface area contributed by atoms with Crippen molar-refractivity contribution < 1.29 is 0 Å². The van der Waals surface area contributed by atoms with E-state index in [0.717, 1.165) is 23.6 Å². The Morgan fingerprint density at radius 3 is 2.65 bits per heavy atom. The normalized spacial score (nSPS) is 10.2. The van der Waals surface area contributed by atoms with Crippen LogP contribution >= 0.6 is 11.6 Å². The number of pyridine rings is 2. The Morgan fingerprint density at radius 1 is 1.12 bits per heavy atom. The zero-order chi connectivity index (χ0) is 12.1. The molecule has 0 atom stereocenters. The van der Waals surface area contributed by atoms with E-state index < -0.39 is 0 Å². The molecule has 0 aliphatic rings. The van der Waals surface area contributed by atoms with Gasteiger partial charge in [-0.15, -0.1) is 11.6 Å². The van der Waals surface area contributed by atoms with Gasteiger partial charge in [-0.3, -0.25) is 4.98 Å². The van der Waals surface area contributed by atoms with Crippen molar-refractivity contribution >= 4 is 17.4 Å². The molecule has 0 spiro atoms. The van der Waals surface area contributed by atoms with Crippen molar-refractivity contribution in [2.24, 2.45) is 0 Å². The predicted octanol–water partition coefficient (Wildman–Crippen LogP) is 2.85. The molecule has 2 heterocycles. The number of nitrogens with zero attached hydrogens (tertiary/aromatic N) is 3. The molecule has 0 saturated carbocycles. The van der Waals surface area contributed by atoms with Gasteiger partial charge in [0.25, 0.3) is 0 Å². The van der Waals surface area contributed by atoms with Gasteiger partial charge in [0, 0.05) is 25.0 Å². The molecule has 0 aliphatic heterocycles. The molecule has 2 rings (SSSR count). The highest BCUT2D eigenvalue weighted by atomic mass is 35.5. The van der Waals surface area contributed by atoms with Gasteiger partial charge in [-0.25, -0.2) is 4.98 Å². The molecule has 17 heavy (non-hydrogen) atoms. The molecule has 0 amide bonds. The zero-order valence-corrected chi connectivity index (χ0v) is 10.4. The molecule has 0 saturated heterocycles. The van der Waals surface area contributed by atoms with Gasteiger partial charge in [-0.05, 0) is 18.2 Å². The molecule has 0 N–H and O–H groups in total. The predicted molar refractivity (Wildman–Crippen MR) is 70.1 cm³/mol. The monoisotopic (exact) mass is 247 g/mol. The lowest BCUT2D eigenvalue weighted by atomic mass is 10.2. The Hall–Kier alpha value is -1.61. The number of aromatic nitrogens is 2. The lowest BCUT2D eigenvalue weighted by Crippen LogP contribution is -2.19. The quantitative estimate of drug-likeness (QED) is 0.778. The standard InChI is InChI=1S/C13H14ClN3/c1-17(10-12-6-2-3-7-15-12)13-11(9-14)5-4-8-16-13/h2-8H,9-10H2,1H3. The Labute approximate surface area is 106 Å². The molecule has 0 aliphatic carbocycles. The van der Waals surface area contributed by atoms with E-state index in [9.17, 15) is 0 Å². The molecule has 0 bridgehead atoms. The third-order valence-electron chi connectivity index (χ3n) is 2.50. The minimum absolute atomic E-state index is 0.468. The Balaban J connectivity index is 2.17. The fourth-order valence-corrected chi connectivity index (χ4v) is 1.90. The van der Waals surface area contributed by atoms with Crippen molar-refractivity contribution in [2.45, 2.75) is 12.4 Å². The van der Waals surface area contributed by atoms with Gasteiger partial charge in [-0.2, -0.15) is 0 Å². The number of hydrogen-bond donors (Lipinski definition) is 0. The van der Waals surface area contributed by atoms with Gasteiger partial charge in [-0.1, -0.05) is 12.1 Å². The van der Waals surface area contributed by atoms with E-state index in [1.165, 1.54) is 0 Å². The highest BCUT2D eigenvalue weighted by molar-refractivity contribution is 6.17. The third kappa shape index (κ3) is 2.94. The average molecular weight is 248 g/mol. The molecule has 0 fully saturated rings. The maximum atomic E-state index is 5.90. The van der Waals surface area contributed by atoms with Crippen LogP contribution < -0.4 is 4.90 Å². The van der Waals surface area contributed by atoms with Crippen LogP contribution in [0.15, 0.2) is 42.7 Å². The molecular weight excluding hydrogens is 234 g/mol. The second-order valence-corrected chi connectivity index (χ2v) is 4.06. The van der Waals surface area contributed by atoms with Crippen LogP contribution in [0.3, 0.4) is 0 Å². The maximum Gasteiger partial charge on any atom is 0.133 e. The van der Waals surface area contributed by atoms with Crippen molar-refractivity contribution in [1.82, 2.24) is 9.97 Å². The van der Waals surface area contributed by atoms with Gasteiger partial charge >= 0.3 is 0 Å². The first-order valence-corrected chi connectivity index (χ1v) is 5.95. The fraction of sp³-hybridized carbons (Fsp3) is 0.231. The van der Waals surface area contributed by atoms with E-state index in [0.29, 0.717) is 5.88 Å². The molecule has 2 aromatic rings. The highest BCUT2D eigenvalue weighted by Gasteiger charge is 2.08. The Bertz CT molecular complexity index is 473. The summed E-state index contributed by atoms with van der Waals surface area (Å²) in [6.07, 6.45) is 3.57. The highest BCUT2D eigenvalue weighted by Crippen LogP contribution is 2.18. The van der Waals surface area contributed by atoms with Gasteiger partial charge in [0.1, 0.15) is 5.82 Å². The fourth-order valence-electron chi connectivity index (χ4n) is 1.69. The summed E-state index contributed by atoms with van der Waals surface area (Å²) in [5.41, 5.74) is 2.05. The van der Waals surface area contributed by atoms with Gasteiger partial charge < -0.3 is 4.90 Å². The van der Waals surface area contributed by atoms with Crippen LogP contribution in [-0.2, 0) is 12.4 Å². The lowest BCUT2D eigenvalue weighted by molar-refractivity contribution is 0.859. The summed E-state index contributed by atoms with van der Waals surface area (Å²) >= 11 is 5.90. The first-order chi connectivity index (χ1) is 8.31.